The molecular formula is C9H7ClN2OS. The maximum absolute atomic E-state index is 10.7. The van der Waals surface area contributed by atoms with Crippen molar-refractivity contribution >= 4 is 29.2 Å². The topological polar surface area (TPSA) is 34.9 Å². The molecule has 0 saturated heterocycles. The maximum Gasteiger partial charge on any atom is 0.153 e. The summed E-state index contributed by atoms with van der Waals surface area (Å²) in [5.41, 5.74) is 1.41. The molecular weight excluding hydrogens is 220 g/mol. The number of rotatable bonds is 2. The predicted octanol–water partition coefficient (Wildman–Crippen LogP) is 2.61. The second kappa shape index (κ2) is 3.55. The van der Waals surface area contributed by atoms with Crippen LogP contribution in [0.4, 0.5) is 0 Å². The van der Waals surface area contributed by atoms with Crippen molar-refractivity contribution in [1.29, 1.82) is 0 Å². The zero-order valence-corrected chi connectivity index (χ0v) is 8.97. The molecule has 5 heteroatoms. The fraction of sp³-hybridized carbons (Fsp3) is 0.111. The Labute approximate surface area is 89.9 Å². The summed E-state index contributed by atoms with van der Waals surface area (Å²) < 4.78 is 2.38. The first-order valence-corrected chi connectivity index (χ1v) is 5.14. The number of nitrogens with zero attached hydrogens (tertiary/aromatic N) is 2. The van der Waals surface area contributed by atoms with Crippen LogP contribution >= 0.6 is 22.9 Å². The lowest BCUT2D eigenvalue weighted by molar-refractivity contribution is 0.112. The predicted molar refractivity (Wildman–Crippen MR) is 56.9 cm³/mol. The number of carbonyl (C=O) groups is 1. The van der Waals surface area contributed by atoms with Gasteiger partial charge in [0.1, 0.15) is 0 Å². The van der Waals surface area contributed by atoms with Crippen molar-refractivity contribution < 1.29 is 4.79 Å². The molecule has 0 amide bonds. The molecule has 0 fully saturated rings. The molecule has 0 atom stereocenters. The van der Waals surface area contributed by atoms with Gasteiger partial charge in [0.2, 0.25) is 0 Å². The van der Waals surface area contributed by atoms with E-state index in [0.717, 1.165) is 16.9 Å². The Morgan fingerprint density at radius 1 is 1.57 bits per heavy atom. The SMILES string of the molecule is Cn1ncc(C=O)c1-c1ccc(Cl)s1. The lowest BCUT2D eigenvalue weighted by atomic mass is 10.2. The Hall–Kier alpha value is -1.13. The van der Waals surface area contributed by atoms with E-state index in [9.17, 15) is 4.79 Å². The number of hydrogen-bond donors (Lipinski definition) is 0. The van der Waals surface area contributed by atoms with E-state index >= 15 is 0 Å². The van der Waals surface area contributed by atoms with E-state index < -0.39 is 0 Å². The summed E-state index contributed by atoms with van der Waals surface area (Å²) >= 11 is 7.26. The molecule has 0 aromatic carbocycles. The monoisotopic (exact) mass is 226 g/mol. The van der Waals surface area contributed by atoms with E-state index in [1.165, 1.54) is 11.3 Å². The van der Waals surface area contributed by atoms with Gasteiger partial charge in [0.15, 0.2) is 6.29 Å². The van der Waals surface area contributed by atoms with E-state index in [-0.39, 0.29) is 0 Å². The molecule has 0 bridgehead atoms. The molecule has 2 heterocycles. The van der Waals surface area contributed by atoms with E-state index in [1.807, 2.05) is 12.1 Å². The fourth-order valence-corrected chi connectivity index (χ4v) is 2.43. The summed E-state index contributed by atoms with van der Waals surface area (Å²) in [6, 6.07) is 3.69. The molecule has 0 aliphatic rings. The van der Waals surface area contributed by atoms with Crippen molar-refractivity contribution in [1.82, 2.24) is 9.78 Å². The highest BCUT2D eigenvalue weighted by Crippen LogP contribution is 2.32. The molecule has 2 aromatic heterocycles. The Kier molecular flexibility index (Phi) is 2.39. The first-order chi connectivity index (χ1) is 6.72. The van der Waals surface area contributed by atoms with Gasteiger partial charge in [-0.3, -0.25) is 9.48 Å². The van der Waals surface area contributed by atoms with Crippen LogP contribution in [0.15, 0.2) is 18.3 Å². The van der Waals surface area contributed by atoms with Gasteiger partial charge in [-0.25, -0.2) is 0 Å². The Balaban J connectivity index is 2.59. The molecule has 0 radical (unpaired) electrons. The standard InChI is InChI=1S/C9H7ClN2OS/c1-12-9(6(5-13)4-11-12)7-2-3-8(10)14-7/h2-5H,1H3. The number of carbonyl (C=O) groups excluding carboxylic acids is 1. The number of aromatic nitrogens is 2. The summed E-state index contributed by atoms with van der Waals surface area (Å²) in [6.45, 7) is 0. The second-order valence-corrected chi connectivity index (χ2v) is 4.51. The van der Waals surface area contributed by atoms with Gasteiger partial charge in [0, 0.05) is 7.05 Å². The lowest BCUT2D eigenvalue weighted by Gasteiger charge is -1.98. The van der Waals surface area contributed by atoms with Crippen molar-refractivity contribution in [3.8, 4) is 10.6 Å². The van der Waals surface area contributed by atoms with E-state index in [4.69, 9.17) is 11.6 Å². The molecule has 0 spiro atoms. The van der Waals surface area contributed by atoms with Gasteiger partial charge >= 0.3 is 0 Å². The Bertz CT molecular complexity index is 475. The van der Waals surface area contributed by atoms with Crippen LogP contribution in [0.3, 0.4) is 0 Å². The van der Waals surface area contributed by atoms with Crippen LogP contribution in [-0.4, -0.2) is 16.1 Å². The van der Waals surface area contributed by atoms with Crippen molar-refractivity contribution in [3.05, 3.63) is 28.2 Å². The van der Waals surface area contributed by atoms with Crippen molar-refractivity contribution in [3.63, 3.8) is 0 Å². The zero-order valence-electron chi connectivity index (χ0n) is 7.40. The van der Waals surface area contributed by atoms with Gasteiger partial charge in [0.05, 0.1) is 26.7 Å². The third kappa shape index (κ3) is 1.47. The van der Waals surface area contributed by atoms with Gasteiger partial charge in [-0.05, 0) is 12.1 Å². The molecule has 0 aliphatic heterocycles. The Morgan fingerprint density at radius 2 is 2.36 bits per heavy atom. The molecule has 3 nitrogen and oxygen atoms in total. The van der Waals surface area contributed by atoms with E-state index in [0.29, 0.717) is 9.90 Å². The van der Waals surface area contributed by atoms with Crippen LogP contribution in [0.2, 0.25) is 4.34 Å². The van der Waals surface area contributed by atoms with Gasteiger partial charge in [-0.1, -0.05) is 11.6 Å². The third-order valence-electron chi connectivity index (χ3n) is 1.90. The maximum atomic E-state index is 10.7. The van der Waals surface area contributed by atoms with Gasteiger partial charge in [0.25, 0.3) is 0 Å². The molecule has 0 N–H and O–H groups in total. The Morgan fingerprint density at radius 3 is 2.93 bits per heavy atom. The van der Waals surface area contributed by atoms with E-state index in [1.54, 1.807) is 17.9 Å². The molecule has 14 heavy (non-hydrogen) atoms. The minimum absolute atomic E-state index is 0.589. The second-order valence-electron chi connectivity index (χ2n) is 2.79. The average molecular weight is 227 g/mol. The summed E-state index contributed by atoms with van der Waals surface area (Å²) in [7, 11) is 1.80. The highest BCUT2D eigenvalue weighted by Gasteiger charge is 2.11. The van der Waals surface area contributed by atoms with Crippen LogP contribution in [0.25, 0.3) is 10.6 Å². The van der Waals surface area contributed by atoms with Crippen LogP contribution < -0.4 is 0 Å². The van der Waals surface area contributed by atoms with Gasteiger partial charge in [-0.15, -0.1) is 11.3 Å². The van der Waals surface area contributed by atoms with Crippen LogP contribution in [-0.2, 0) is 7.05 Å². The van der Waals surface area contributed by atoms with Crippen LogP contribution in [0.5, 0.6) is 0 Å². The number of aldehydes is 1. The average Bonchev–Trinajstić information content (AvgIpc) is 2.71. The summed E-state index contributed by atoms with van der Waals surface area (Å²) in [6.07, 6.45) is 2.35. The van der Waals surface area contributed by atoms with Crippen LogP contribution in [0.1, 0.15) is 10.4 Å². The molecule has 0 aliphatic carbocycles. The summed E-state index contributed by atoms with van der Waals surface area (Å²) in [4.78, 5) is 11.7. The van der Waals surface area contributed by atoms with Gasteiger partial charge < -0.3 is 0 Å². The number of halogens is 1. The highest BCUT2D eigenvalue weighted by atomic mass is 35.5. The lowest BCUT2D eigenvalue weighted by Crippen LogP contribution is -1.93. The van der Waals surface area contributed by atoms with Gasteiger partial charge in [-0.2, -0.15) is 5.10 Å². The molecule has 0 unspecified atom stereocenters. The minimum Gasteiger partial charge on any atom is -0.298 e. The normalized spacial score (nSPS) is 10.4. The third-order valence-corrected chi connectivity index (χ3v) is 3.14. The number of aryl methyl sites for hydroxylation is 1. The summed E-state index contributed by atoms with van der Waals surface area (Å²) in [5.74, 6) is 0. The van der Waals surface area contributed by atoms with E-state index in [2.05, 4.69) is 5.10 Å². The molecule has 2 rings (SSSR count). The summed E-state index contributed by atoms with van der Waals surface area (Å²) in [5, 5.41) is 4.02. The number of thiophene rings is 1. The molecule has 2 aromatic rings. The van der Waals surface area contributed by atoms with Crippen molar-refractivity contribution in [2.75, 3.05) is 0 Å². The minimum atomic E-state index is 0.589. The zero-order chi connectivity index (χ0) is 10.1. The smallest absolute Gasteiger partial charge is 0.153 e. The fourth-order valence-electron chi connectivity index (χ4n) is 1.28. The number of hydrogen-bond acceptors (Lipinski definition) is 3. The van der Waals surface area contributed by atoms with Crippen LogP contribution in [0, 0.1) is 0 Å². The quantitative estimate of drug-likeness (QED) is 0.738. The largest absolute Gasteiger partial charge is 0.298 e. The molecule has 72 valence electrons. The highest BCUT2D eigenvalue weighted by molar-refractivity contribution is 7.19. The first kappa shape index (κ1) is 9.43. The molecule has 0 saturated carbocycles. The van der Waals surface area contributed by atoms with Crippen molar-refractivity contribution in [2.24, 2.45) is 7.05 Å². The van der Waals surface area contributed by atoms with Crippen molar-refractivity contribution in [2.45, 2.75) is 0 Å². The first-order valence-electron chi connectivity index (χ1n) is 3.95.